The second-order valence-corrected chi connectivity index (χ2v) is 6.27. The van der Waals surface area contributed by atoms with Gasteiger partial charge in [-0.25, -0.2) is 9.55 Å². The third-order valence-corrected chi connectivity index (χ3v) is 3.93. The standard InChI is InChI=1S/C11H12IN3O3S/c1-14-9(13-6-10(14)15(16)17)7-18-11(19)4-2-3-8(12)5-11/h2-4,6,19H,5,7H2,1H3. The van der Waals surface area contributed by atoms with Gasteiger partial charge in [0.1, 0.15) is 17.7 Å². The Morgan fingerprint density at radius 2 is 2.47 bits per heavy atom. The van der Waals surface area contributed by atoms with Gasteiger partial charge in [-0.1, -0.05) is 12.2 Å². The van der Waals surface area contributed by atoms with Gasteiger partial charge in [-0.15, -0.1) is 12.6 Å². The van der Waals surface area contributed by atoms with Crippen molar-refractivity contribution in [1.82, 2.24) is 9.55 Å². The van der Waals surface area contributed by atoms with Gasteiger partial charge in [0, 0.05) is 6.42 Å². The SMILES string of the molecule is Cn1c([N+](=O)[O-])cnc1COC1(S)C=CC=C(I)C1. The number of hydrogen-bond acceptors (Lipinski definition) is 5. The number of halogens is 1. The molecule has 1 aromatic heterocycles. The van der Waals surface area contributed by atoms with Gasteiger partial charge in [-0.2, -0.15) is 0 Å². The first-order valence-electron chi connectivity index (χ1n) is 5.46. The van der Waals surface area contributed by atoms with Gasteiger partial charge in [0.2, 0.25) is 5.82 Å². The van der Waals surface area contributed by atoms with Crippen LogP contribution in [0, 0.1) is 10.1 Å². The van der Waals surface area contributed by atoms with Gasteiger partial charge in [0.15, 0.2) is 0 Å². The first-order valence-corrected chi connectivity index (χ1v) is 6.99. The van der Waals surface area contributed by atoms with Crippen LogP contribution in [0.3, 0.4) is 0 Å². The number of ether oxygens (including phenoxy) is 1. The van der Waals surface area contributed by atoms with E-state index in [1.807, 2.05) is 18.2 Å². The van der Waals surface area contributed by atoms with Crippen LogP contribution in [0.25, 0.3) is 0 Å². The van der Waals surface area contributed by atoms with Crippen LogP contribution in [0.1, 0.15) is 12.2 Å². The molecule has 2 rings (SSSR count). The Bertz CT molecular complexity index is 570. The van der Waals surface area contributed by atoms with E-state index in [0.29, 0.717) is 12.2 Å². The second kappa shape index (κ2) is 5.63. The molecule has 6 nitrogen and oxygen atoms in total. The summed E-state index contributed by atoms with van der Waals surface area (Å²) in [6.45, 7) is 0.169. The topological polar surface area (TPSA) is 70.2 Å². The molecule has 1 heterocycles. The minimum atomic E-state index is -0.688. The zero-order valence-electron chi connectivity index (χ0n) is 10.1. The normalized spacial score (nSPS) is 22.4. The largest absolute Gasteiger partial charge is 0.358 e. The van der Waals surface area contributed by atoms with Crippen LogP contribution in [0.15, 0.2) is 28.0 Å². The summed E-state index contributed by atoms with van der Waals surface area (Å²) in [4.78, 5) is 13.5. The average molecular weight is 393 g/mol. The highest BCUT2D eigenvalue weighted by atomic mass is 127. The van der Waals surface area contributed by atoms with Crippen molar-refractivity contribution in [3.8, 4) is 0 Å². The van der Waals surface area contributed by atoms with Gasteiger partial charge >= 0.3 is 5.82 Å². The van der Waals surface area contributed by atoms with Gasteiger partial charge < -0.3 is 14.9 Å². The number of nitrogens with zero attached hydrogens (tertiary/aromatic N) is 3. The van der Waals surface area contributed by atoms with Crippen LogP contribution >= 0.6 is 35.2 Å². The molecule has 0 bridgehead atoms. The molecule has 0 N–H and O–H groups in total. The van der Waals surface area contributed by atoms with E-state index in [4.69, 9.17) is 4.74 Å². The highest BCUT2D eigenvalue weighted by Gasteiger charge is 2.28. The highest BCUT2D eigenvalue weighted by molar-refractivity contribution is 14.1. The summed E-state index contributed by atoms with van der Waals surface area (Å²) in [5.41, 5.74) is 0. The first kappa shape index (κ1) is 14.5. The lowest BCUT2D eigenvalue weighted by Crippen LogP contribution is -2.25. The van der Waals surface area contributed by atoms with Crippen molar-refractivity contribution >= 4 is 41.0 Å². The summed E-state index contributed by atoms with van der Waals surface area (Å²) in [7, 11) is 1.59. The molecule has 0 saturated carbocycles. The monoisotopic (exact) mass is 393 g/mol. The van der Waals surface area contributed by atoms with Crippen molar-refractivity contribution in [2.75, 3.05) is 0 Å². The molecule has 1 aliphatic rings. The molecule has 0 radical (unpaired) electrons. The summed E-state index contributed by atoms with van der Waals surface area (Å²) in [6.07, 6.45) is 7.63. The van der Waals surface area contributed by atoms with Crippen LogP contribution in [0.4, 0.5) is 5.82 Å². The lowest BCUT2D eigenvalue weighted by molar-refractivity contribution is -0.391. The summed E-state index contributed by atoms with van der Waals surface area (Å²) in [5, 5.41) is 10.7. The lowest BCUT2D eigenvalue weighted by Gasteiger charge is -2.26. The molecule has 8 heteroatoms. The minimum absolute atomic E-state index is 0.0551. The maximum atomic E-state index is 10.7. The highest BCUT2D eigenvalue weighted by Crippen LogP contribution is 2.34. The lowest BCUT2D eigenvalue weighted by atomic mass is 10.1. The summed E-state index contributed by atoms with van der Waals surface area (Å²) >= 11 is 6.72. The zero-order chi connectivity index (χ0) is 14.0. The number of thiol groups is 1. The Hall–Kier alpha value is -0.870. The molecule has 0 saturated heterocycles. The molecule has 0 aliphatic heterocycles. The van der Waals surface area contributed by atoms with Gasteiger partial charge in [0.05, 0.1) is 7.05 Å². The number of hydrogen-bond donors (Lipinski definition) is 1. The van der Waals surface area contributed by atoms with Crippen molar-refractivity contribution in [3.05, 3.63) is 43.9 Å². The van der Waals surface area contributed by atoms with Crippen molar-refractivity contribution in [2.24, 2.45) is 7.05 Å². The molecule has 1 unspecified atom stereocenters. The maximum Gasteiger partial charge on any atom is 0.342 e. The fraction of sp³-hybridized carbons (Fsp3) is 0.364. The van der Waals surface area contributed by atoms with Crippen molar-refractivity contribution in [1.29, 1.82) is 0 Å². The van der Waals surface area contributed by atoms with Crippen molar-refractivity contribution < 1.29 is 9.66 Å². The van der Waals surface area contributed by atoms with Crippen LogP contribution in [-0.2, 0) is 18.4 Å². The number of nitro groups is 1. The van der Waals surface area contributed by atoms with E-state index < -0.39 is 9.86 Å². The Balaban J connectivity index is 2.05. The molecule has 0 aromatic carbocycles. The first-order chi connectivity index (χ1) is 8.91. The Morgan fingerprint density at radius 3 is 3.05 bits per heavy atom. The van der Waals surface area contributed by atoms with E-state index in [2.05, 4.69) is 40.2 Å². The van der Waals surface area contributed by atoms with Gasteiger partial charge in [-0.05, 0) is 37.2 Å². The van der Waals surface area contributed by atoms with Gasteiger partial charge in [-0.3, -0.25) is 0 Å². The summed E-state index contributed by atoms with van der Waals surface area (Å²) < 4.78 is 8.27. The van der Waals surface area contributed by atoms with Crippen molar-refractivity contribution in [3.63, 3.8) is 0 Å². The van der Waals surface area contributed by atoms with Crippen LogP contribution in [0.5, 0.6) is 0 Å². The summed E-state index contributed by atoms with van der Waals surface area (Å²) in [5.74, 6) is 0.443. The molecule has 0 spiro atoms. The fourth-order valence-corrected chi connectivity index (χ4v) is 3.09. The molecule has 0 amide bonds. The Kier molecular flexibility index (Phi) is 4.31. The van der Waals surface area contributed by atoms with E-state index in [0.717, 1.165) is 3.58 Å². The molecule has 102 valence electrons. The number of allylic oxidation sites excluding steroid dienone is 2. The minimum Gasteiger partial charge on any atom is -0.358 e. The van der Waals surface area contributed by atoms with E-state index in [-0.39, 0.29) is 12.4 Å². The number of rotatable bonds is 4. The molecule has 0 fully saturated rings. The van der Waals surface area contributed by atoms with E-state index in [1.54, 1.807) is 7.05 Å². The predicted octanol–water partition coefficient (Wildman–Crippen LogP) is 2.75. The Labute approximate surface area is 129 Å². The second-order valence-electron chi connectivity index (χ2n) is 4.13. The molecular weight excluding hydrogens is 381 g/mol. The number of imidazole rings is 1. The van der Waals surface area contributed by atoms with Crippen LogP contribution < -0.4 is 0 Å². The molecular formula is C11H12IN3O3S. The van der Waals surface area contributed by atoms with Crippen molar-refractivity contribution in [2.45, 2.75) is 18.0 Å². The molecule has 1 aliphatic carbocycles. The van der Waals surface area contributed by atoms with E-state index in [9.17, 15) is 10.1 Å². The third-order valence-electron chi connectivity index (χ3n) is 2.75. The Morgan fingerprint density at radius 1 is 1.74 bits per heavy atom. The zero-order valence-corrected chi connectivity index (χ0v) is 13.2. The van der Waals surface area contributed by atoms with E-state index >= 15 is 0 Å². The maximum absolute atomic E-state index is 10.7. The predicted molar refractivity (Wildman–Crippen MR) is 82.2 cm³/mol. The van der Waals surface area contributed by atoms with Crippen LogP contribution in [-0.4, -0.2) is 19.4 Å². The quantitative estimate of drug-likeness (QED) is 0.281. The molecule has 1 atom stereocenters. The molecule has 19 heavy (non-hydrogen) atoms. The third kappa shape index (κ3) is 3.37. The summed E-state index contributed by atoms with van der Waals surface area (Å²) in [6, 6.07) is 0. The smallest absolute Gasteiger partial charge is 0.342 e. The number of aromatic nitrogens is 2. The fourth-order valence-electron chi connectivity index (χ4n) is 1.69. The molecule has 1 aromatic rings. The van der Waals surface area contributed by atoms with Gasteiger partial charge in [0.25, 0.3) is 0 Å². The van der Waals surface area contributed by atoms with Crippen LogP contribution in [0.2, 0.25) is 0 Å². The average Bonchev–Trinajstić information content (AvgIpc) is 2.68. The van der Waals surface area contributed by atoms with E-state index in [1.165, 1.54) is 10.8 Å².